The van der Waals surface area contributed by atoms with E-state index in [0.29, 0.717) is 37.7 Å². The molecule has 24 heavy (non-hydrogen) atoms. The van der Waals surface area contributed by atoms with Crippen molar-refractivity contribution in [3.63, 3.8) is 0 Å². The van der Waals surface area contributed by atoms with Crippen molar-refractivity contribution >= 4 is 0 Å². The summed E-state index contributed by atoms with van der Waals surface area (Å²) in [5.74, 6) is -2.40. The van der Waals surface area contributed by atoms with Gasteiger partial charge in [0.2, 0.25) is 0 Å². The Labute approximate surface area is 139 Å². The molecule has 0 aromatic heterocycles. The van der Waals surface area contributed by atoms with Gasteiger partial charge in [-0.1, -0.05) is 6.92 Å². The van der Waals surface area contributed by atoms with Gasteiger partial charge in [0.1, 0.15) is 11.6 Å². The van der Waals surface area contributed by atoms with Crippen LogP contribution in [0.5, 0.6) is 0 Å². The van der Waals surface area contributed by atoms with Crippen molar-refractivity contribution in [3.05, 3.63) is 69.8 Å². The van der Waals surface area contributed by atoms with Gasteiger partial charge in [-0.15, -0.1) is 0 Å². The van der Waals surface area contributed by atoms with Gasteiger partial charge in [-0.25, -0.2) is 17.6 Å². The van der Waals surface area contributed by atoms with Crippen molar-refractivity contribution < 1.29 is 17.6 Å². The summed E-state index contributed by atoms with van der Waals surface area (Å²) in [5.41, 5.74) is 2.43. The molecule has 0 heterocycles. The molecule has 0 aliphatic heterocycles. The standard InChI is InChI=1S/C20H20F4/c1-2-12-8-17(21)16(18(22)9-12)6-4-13-3-5-14-10-19(23)20(24)11-15(14)7-13/h8-11,13H,2-7H2,1H3. The fraction of sp³-hybridized carbons (Fsp3) is 0.400. The summed E-state index contributed by atoms with van der Waals surface area (Å²) in [5, 5.41) is 0. The maximum Gasteiger partial charge on any atom is 0.159 e. The first-order valence-corrected chi connectivity index (χ1v) is 8.41. The lowest BCUT2D eigenvalue weighted by molar-refractivity contribution is 0.413. The van der Waals surface area contributed by atoms with Crippen molar-refractivity contribution in [2.45, 2.75) is 45.4 Å². The molecule has 0 radical (unpaired) electrons. The van der Waals surface area contributed by atoms with Gasteiger partial charge >= 0.3 is 0 Å². The van der Waals surface area contributed by atoms with Crippen molar-refractivity contribution in [3.8, 4) is 0 Å². The molecule has 3 rings (SSSR count). The Bertz CT molecular complexity index is 729. The fourth-order valence-corrected chi connectivity index (χ4v) is 3.52. The van der Waals surface area contributed by atoms with E-state index >= 15 is 0 Å². The van der Waals surface area contributed by atoms with E-state index < -0.39 is 23.3 Å². The van der Waals surface area contributed by atoms with Gasteiger partial charge in [0, 0.05) is 5.56 Å². The van der Waals surface area contributed by atoms with Crippen LogP contribution in [-0.2, 0) is 25.7 Å². The molecule has 0 nitrogen and oxygen atoms in total. The Balaban J connectivity index is 1.69. The third-order valence-electron chi connectivity index (χ3n) is 4.98. The second kappa shape index (κ2) is 6.96. The summed E-state index contributed by atoms with van der Waals surface area (Å²) in [7, 11) is 0. The average molecular weight is 336 g/mol. The van der Waals surface area contributed by atoms with Crippen LogP contribution in [0.25, 0.3) is 0 Å². The number of rotatable bonds is 4. The van der Waals surface area contributed by atoms with E-state index in [9.17, 15) is 17.6 Å². The average Bonchev–Trinajstić information content (AvgIpc) is 2.55. The predicted octanol–water partition coefficient (Wildman–Crippen LogP) is 5.54. The van der Waals surface area contributed by atoms with E-state index in [1.165, 1.54) is 24.3 Å². The number of hydrogen-bond acceptors (Lipinski definition) is 0. The highest BCUT2D eigenvalue weighted by molar-refractivity contribution is 5.32. The molecule has 0 saturated carbocycles. The Kier molecular flexibility index (Phi) is 4.93. The molecule has 0 N–H and O–H groups in total. The maximum atomic E-state index is 14.1. The number of hydrogen-bond donors (Lipinski definition) is 0. The van der Waals surface area contributed by atoms with Crippen molar-refractivity contribution in [2.75, 3.05) is 0 Å². The molecule has 1 aliphatic rings. The van der Waals surface area contributed by atoms with E-state index in [0.717, 1.165) is 17.5 Å². The SMILES string of the molecule is CCc1cc(F)c(CCC2CCc3cc(F)c(F)cc3C2)c(F)c1. The lowest BCUT2D eigenvalue weighted by atomic mass is 9.81. The summed E-state index contributed by atoms with van der Waals surface area (Å²) in [6.45, 7) is 1.86. The zero-order chi connectivity index (χ0) is 17.3. The first-order valence-electron chi connectivity index (χ1n) is 8.41. The smallest absolute Gasteiger partial charge is 0.159 e. The molecule has 1 unspecified atom stereocenters. The van der Waals surface area contributed by atoms with Gasteiger partial charge in [-0.3, -0.25) is 0 Å². The minimum atomic E-state index is -0.832. The van der Waals surface area contributed by atoms with Gasteiger partial charge in [-0.05, 0) is 85.4 Å². The van der Waals surface area contributed by atoms with Crippen LogP contribution in [0, 0.1) is 29.2 Å². The Morgan fingerprint density at radius 1 is 0.875 bits per heavy atom. The third kappa shape index (κ3) is 3.47. The number of halogens is 4. The summed E-state index contributed by atoms with van der Waals surface area (Å²) in [4.78, 5) is 0. The van der Waals surface area contributed by atoms with Gasteiger partial charge in [0.15, 0.2) is 11.6 Å². The normalized spacial score (nSPS) is 17.0. The number of benzene rings is 2. The van der Waals surface area contributed by atoms with Gasteiger partial charge in [-0.2, -0.15) is 0 Å². The molecule has 0 saturated heterocycles. The van der Waals surface area contributed by atoms with Gasteiger partial charge in [0.05, 0.1) is 0 Å². The van der Waals surface area contributed by atoms with Crippen molar-refractivity contribution in [2.24, 2.45) is 5.92 Å². The zero-order valence-electron chi connectivity index (χ0n) is 13.6. The zero-order valence-corrected chi connectivity index (χ0v) is 13.6. The van der Waals surface area contributed by atoms with Crippen LogP contribution in [0.3, 0.4) is 0 Å². The molecule has 128 valence electrons. The second-order valence-electron chi connectivity index (χ2n) is 6.57. The van der Waals surface area contributed by atoms with Crippen molar-refractivity contribution in [1.29, 1.82) is 0 Å². The molecule has 0 amide bonds. The molecule has 1 aliphatic carbocycles. The van der Waals surface area contributed by atoms with Crippen LogP contribution in [0.15, 0.2) is 24.3 Å². The lowest BCUT2D eigenvalue weighted by Gasteiger charge is -2.25. The van der Waals surface area contributed by atoms with Crippen LogP contribution < -0.4 is 0 Å². The molecule has 2 aromatic rings. The molecular formula is C20H20F4. The molecule has 4 heteroatoms. The highest BCUT2D eigenvalue weighted by Gasteiger charge is 2.22. The molecule has 0 spiro atoms. The minimum absolute atomic E-state index is 0.128. The first kappa shape index (κ1) is 17.0. The van der Waals surface area contributed by atoms with E-state index in [-0.39, 0.29) is 11.5 Å². The molecule has 0 fully saturated rings. The highest BCUT2D eigenvalue weighted by Crippen LogP contribution is 2.30. The first-order chi connectivity index (χ1) is 11.5. The lowest BCUT2D eigenvalue weighted by Crippen LogP contribution is -2.16. The maximum absolute atomic E-state index is 14.1. The largest absolute Gasteiger partial charge is 0.207 e. The van der Waals surface area contributed by atoms with Crippen molar-refractivity contribution in [1.82, 2.24) is 0 Å². The number of aryl methyl sites for hydroxylation is 2. The minimum Gasteiger partial charge on any atom is -0.207 e. The van der Waals surface area contributed by atoms with Crippen LogP contribution >= 0.6 is 0 Å². The second-order valence-corrected chi connectivity index (χ2v) is 6.57. The van der Waals surface area contributed by atoms with Crippen LogP contribution in [0.4, 0.5) is 17.6 Å². The molecule has 1 atom stereocenters. The summed E-state index contributed by atoms with van der Waals surface area (Å²) in [6, 6.07) is 5.32. The highest BCUT2D eigenvalue weighted by atomic mass is 19.2. The fourth-order valence-electron chi connectivity index (χ4n) is 3.52. The summed E-state index contributed by atoms with van der Waals surface area (Å²) < 4.78 is 54.8. The predicted molar refractivity (Wildman–Crippen MR) is 85.9 cm³/mol. The summed E-state index contributed by atoms with van der Waals surface area (Å²) >= 11 is 0. The van der Waals surface area contributed by atoms with Gasteiger partial charge in [0.25, 0.3) is 0 Å². The Hall–Kier alpha value is -1.84. The quantitative estimate of drug-likeness (QED) is 0.643. The van der Waals surface area contributed by atoms with Crippen LogP contribution in [0.1, 0.15) is 42.0 Å². The van der Waals surface area contributed by atoms with E-state index in [1.54, 1.807) is 0 Å². The van der Waals surface area contributed by atoms with E-state index in [2.05, 4.69) is 0 Å². The van der Waals surface area contributed by atoms with Crippen LogP contribution in [-0.4, -0.2) is 0 Å². The third-order valence-corrected chi connectivity index (χ3v) is 4.98. The van der Waals surface area contributed by atoms with Gasteiger partial charge < -0.3 is 0 Å². The van der Waals surface area contributed by atoms with Crippen LogP contribution in [0.2, 0.25) is 0 Å². The summed E-state index contributed by atoms with van der Waals surface area (Å²) in [6.07, 6.45) is 3.69. The van der Waals surface area contributed by atoms with E-state index in [1.807, 2.05) is 6.92 Å². The monoisotopic (exact) mass is 336 g/mol. The molecular weight excluding hydrogens is 316 g/mol. The van der Waals surface area contributed by atoms with E-state index in [4.69, 9.17) is 0 Å². The molecule has 2 aromatic carbocycles. The Morgan fingerprint density at radius 2 is 1.50 bits per heavy atom. The molecule has 0 bridgehead atoms. The topological polar surface area (TPSA) is 0 Å². The number of fused-ring (bicyclic) bond motifs is 1. The Morgan fingerprint density at radius 3 is 2.12 bits per heavy atom.